The van der Waals surface area contributed by atoms with Crippen LogP contribution in [0.2, 0.25) is 0 Å². The summed E-state index contributed by atoms with van der Waals surface area (Å²) < 4.78 is 0. The summed E-state index contributed by atoms with van der Waals surface area (Å²) in [5, 5.41) is 50.8. The summed E-state index contributed by atoms with van der Waals surface area (Å²) in [5.74, 6) is -11.3. The van der Waals surface area contributed by atoms with E-state index in [0.29, 0.717) is 5.56 Å². The lowest BCUT2D eigenvalue weighted by Gasteiger charge is -2.26. The topological polar surface area (TPSA) is 350 Å². The zero-order valence-electron chi connectivity index (χ0n) is 32.1. The largest absolute Gasteiger partial charge is 0.481 e. The Morgan fingerprint density at radius 3 is 1.36 bits per heavy atom. The highest BCUT2D eigenvalue weighted by molar-refractivity contribution is 5.96. The monoisotopic (exact) mass is 827 g/mol. The van der Waals surface area contributed by atoms with Crippen molar-refractivity contribution in [2.45, 2.75) is 94.5 Å². The second-order valence-electron chi connectivity index (χ2n) is 13.4. The van der Waals surface area contributed by atoms with Crippen molar-refractivity contribution in [3.63, 3.8) is 0 Å². The van der Waals surface area contributed by atoms with Gasteiger partial charge >= 0.3 is 23.9 Å². The van der Waals surface area contributed by atoms with E-state index >= 15 is 0 Å². The molecule has 2 rings (SSSR count). The van der Waals surface area contributed by atoms with Gasteiger partial charge in [-0.25, -0.2) is 0 Å². The molecule has 0 saturated carbocycles. The second kappa shape index (κ2) is 24.7. The Morgan fingerprint density at radius 2 is 0.898 bits per heavy atom. The highest BCUT2D eigenvalue weighted by Gasteiger charge is 2.32. The van der Waals surface area contributed by atoms with E-state index in [9.17, 15) is 68.4 Å². The smallest absolute Gasteiger partial charge is 0.325 e. The molecule has 6 atom stereocenters. The molecule has 0 saturated heterocycles. The SMILES string of the molecule is C[C@H](NC(=O)[C@H](Cc1ccccc1)NC(=O)[C@H](CCC(=O)O)NC(=O)[C@H](CCC(=O)O)NC(=O)CNC(=O)[C@H](CCC(=O)O)NC(=O)[C@@H](N)Cc1ccccc1)C(=O)O. The first kappa shape index (κ1) is 48.2. The molecular formula is C38H49N7O14. The molecule has 0 unspecified atom stereocenters. The van der Waals surface area contributed by atoms with Crippen molar-refractivity contribution in [3.05, 3.63) is 71.8 Å². The van der Waals surface area contributed by atoms with Crippen molar-refractivity contribution >= 4 is 59.3 Å². The lowest BCUT2D eigenvalue weighted by atomic mass is 10.0. The normalized spacial score (nSPS) is 13.7. The van der Waals surface area contributed by atoms with E-state index in [4.69, 9.17) is 5.73 Å². The number of hydrogen-bond donors (Lipinski definition) is 11. The maximum Gasteiger partial charge on any atom is 0.325 e. The van der Waals surface area contributed by atoms with Gasteiger partial charge in [-0.3, -0.25) is 47.9 Å². The number of carbonyl (C=O) groups excluding carboxylic acids is 6. The van der Waals surface area contributed by atoms with Gasteiger partial charge < -0.3 is 58.1 Å². The Morgan fingerprint density at radius 1 is 0.508 bits per heavy atom. The van der Waals surface area contributed by atoms with Crippen molar-refractivity contribution in [1.29, 1.82) is 0 Å². The number of hydrogen-bond acceptors (Lipinski definition) is 11. The Kier molecular flexibility index (Phi) is 20.2. The van der Waals surface area contributed by atoms with Crippen LogP contribution in [-0.2, 0) is 60.8 Å². The lowest BCUT2D eigenvalue weighted by molar-refractivity contribution is -0.142. The van der Waals surface area contributed by atoms with E-state index in [1.165, 1.54) is 6.92 Å². The molecule has 0 aliphatic carbocycles. The predicted octanol–water partition coefficient (Wildman–Crippen LogP) is -1.96. The molecule has 21 heteroatoms. The zero-order chi connectivity index (χ0) is 44.1. The first-order chi connectivity index (χ1) is 27.9. The van der Waals surface area contributed by atoms with E-state index in [2.05, 4.69) is 31.9 Å². The molecule has 0 fully saturated rings. The van der Waals surface area contributed by atoms with Crippen LogP contribution in [0, 0.1) is 0 Å². The molecule has 59 heavy (non-hydrogen) atoms. The third-order valence-corrected chi connectivity index (χ3v) is 8.56. The van der Waals surface area contributed by atoms with Gasteiger partial charge in [0.2, 0.25) is 35.4 Å². The molecule has 6 amide bonds. The molecular weight excluding hydrogens is 778 g/mol. The van der Waals surface area contributed by atoms with Gasteiger partial charge in [-0.15, -0.1) is 0 Å². The van der Waals surface area contributed by atoms with E-state index in [0.717, 1.165) is 5.56 Å². The Balaban J connectivity index is 2.21. The molecule has 2 aromatic rings. The van der Waals surface area contributed by atoms with Crippen molar-refractivity contribution in [3.8, 4) is 0 Å². The van der Waals surface area contributed by atoms with Gasteiger partial charge in [-0.05, 0) is 43.7 Å². The molecule has 0 aliphatic heterocycles. The van der Waals surface area contributed by atoms with Crippen LogP contribution in [0.3, 0.4) is 0 Å². The van der Waals surface area contributed by atoms with Crippen LogP contribution in [0.15, 0.2) is 60.7 Å². The molecule has 0 spiro atoms. The Labute approximate surface area is 337 Å². The third kappa shape index (κ3) is 18.7. The zero-order valence-corrected chi connectivity index (χ0v) is 32.1. The minimum Gasteiger partial charge on any atom is -0.481 e. The fourth-order valence-electron chi connectivity index (χ4n) is 5.36. The van der Waals surface area contributed by atoms with Crippen molar-refractivity contribution in [2.24, 2.45) is 5.73 Å². The highest BCUT2D eigenvalue weighted by atomic mass is 16.4. The predicted molar refractivity (Wildman–Crippen MR) is 205 cm³/mol. The van der Waals surface area contributed by atoms with Gasteiger partial charge in [-0.2, -0.15) is 0 Å². The molecule has 21 nitrogen and oxygen atoms in total. The van der Waals surface area contributed by atoms with Gasteiger partial charge in [0.15, 0.2) is 0 Å². The van der Waals surface area contributed by atoms with Crippen LogP contribution >= 0.6 is 0 Å². The third-order valence-electron chi connectivity index (χ3n) is 8.56. The van der Waals surface area contributed by atoms with E-state index in [-0.39, 0.29) is 19.3 Å². The number of aliphatic carboxylic acids is 4. The van der Waals surface area contributed by atoms with Crippen LogP contribution in [0.1, 0.15) is 56.6 Å². The standard InChI is InChI=1S/C38H49N7O14/c1-21(38(58)59)41-37(57)28(19-23-10-6-3-7-11-23)45-36(56)27(14-17-32(51)52)44-35(55)26(13-16-31(49)50)42-29(46)20-40-34(54)25(12-15-30(47)48)43-33(53)24(39)18-22-8-4-2-5-9-22/h2-11,21,24-28H,12-20,39H2,1H3,(H,40,54)(H,41,57)(H,42,46)(H,43,53)(H,44,55)(H,45,56)(H,47,48)(H,49,50)(H,51,52)(H,58,59)/t21-,24-,25-,26-,27-,28-/m0/s1. The molecule has 0 aromatic heterocycles. The molecule has 320 valence electrons. The second-order valence-corrected chi connectivity index (χ2v) is 13.4. The van der Waals surface area contributed by atoms with Gasteiger partial charge in [0.05, 0.1) is 12.6 Å². The summed E-state index contributed by atoms with van der Waals surface area (Å²) in [5.41, 5.74) is 7.26. The number of rotatable bonds is 26. The number of carboxylic acids is 4. The number of amides is 6. The minimum atomic E-state index is -1.67. The van der Waals surface area contributed by atoms with Crippen molar-refractivity contribution in [1.82, 2.24) is 31.9 Å². The van der Waals surface area contributed by atoms with Gasteiger partial charge in [0.1, 0.15) is 30.2 Å². The van der Waals surface area contributed by atoms with Crippen LogP contribution in [0.5, 0.6) is 0 Å². The number of carbonyl (C=O) groups is 10. The molecule has 12 N–H and O–H groups in total. The lowest BCUT2D eigenvalue weighted by Crippen LogP contribution is -2.58. The summed E-state index contributed by atoms with van der Waals surface area (Å²) in [6.07, 6.45) is -3.41. The van der Waals surface area contributed by atoms with Crippen molar-refractivity contribution in [2.75, 3.05) is 6.54 Å². The average molecular weight is 828 g/mol. The molecule has 2 aromatic carbocycles. The first-order valence-electron chi connectivity index (χ1n) is 18.4. The summed E-state index contributed by atoms with van der Waals surface area (Å²) in [6.45, 7) is 0.341. The highest BCUT2D eigenvalue weighted by Crippen LogP contribution is 2.09. The number of nitrogens with one attached hydrogen (secondary N) is 6. The summed E-state index contributed by atoms with van der Waals surface area (Å²) in [7, 11) is 0. The van der Waals surface area contributed by atoms with E-state index in [1.807, 2.05) is 0 Å². The summed E-state index contributed by atoms with van der Waals surface area (Å²) in [4.78, 5) is 125. The quantitative estimate of drug-likeness (QED) is 0.0490. The number of benzene rings is 2. The average Bonchev–Trinajstić information content (AvgIpc) is 3.18. The molecule has 0 bridgehead atoms. The number of carboxylic acid groups (broad SMARTS) is 4. The van der Waals surface area contributed by atoms with Gasteiger partial charge in [0, 0.05) is 25.7 Å². The van der Waals surface area contributed by atoms with Crippen molar-refractivity contribution < 1.29 is 68.4 Å². The fourth-order valence-corrected chi connectivity index (χ4v) is 5.36. The first-order valence-corrected chi connectivity index (χ1v) is 18.4. The van der Waals surface area contributed by atoms with Gasteiger partial charge in [-0.1, -0.05) is 60.7 Å². The van der Waals surface area contributed by atoms with Gasteiger partial charge in [0.25, 0.3) is 0 Å². The maximum absolute atomic E-state index is 13.6. The molecule has 0 aliphatic rings. The van der Waals surface area contributed by atoms with Crippen LogP contribution < -0.4 is 37.6 Å². The maximum atomic E-state index is 13.6. The van der Waals surface area contributed by atoms with Crippen LogP contribution in [-0.4, -0.2) is 123 Å². The van der Waals surface area contributed by atoms with Crippen LogP contribution in [0.25, 0.3) is 0 Å². The summed E-state index contributed by atoms with van der Waals surface area (Å²) >= 11 is 0. The Bertz CT molecular complexity index is 1810. The molecule has 0 radical (unpaired) electrons. The fraction of sp³-hybridized carbons (Fsp3) is 0.421. The minimum absolute atomic E-state index is 0.0939. The molecule has 0 heterocycles. The van der Waals surface area contributed by atoms with E-state index < -0.39 is 134 Å². The summed E-state index contributed by atoms with van der Waals surface area (Å²) in [6, 6.07) is 8.25. The Hall–Kier alpha value is -6.90. The van der Waals surface area contributed by atoms with E-state index in [1.54, 1.807) is 60.7 Å². The number of nitrogens with two attached hydrogens (primary N) is 1. The van der Waals surface area contributed by atoms with Crippen LogP contribution in [0.4, 0.5) is 0 Å².